The van der Waals surface area contributed by atoms with Crippen LogP contribution in [-0.2, 0) is 0 Å². The molecular weight excluding hydrogens is 182 g/mol. The van der Waals surface area contributed by atoms with E-state index in [0.29, 0.717) is 25.9 Å². The smallest absolute Gasteiger partial charge is 0.257 e. The first-order valence-corrected chi connectivity index (χ1v) is 5.06. The molecule has 0 atom stereocenters. The topological polar surface area (TPSA) is 60.4 Å². The SMILES string of the molecule is CC(C)(C)[N+]1(C(=O)[O-])CCC(O)CC1. The third kappa shape index (κ3) is 1.77. The van der Waals surface area contributed by atoms with Gasteiger partial charge in [0, 0.05) is 12.8 Å². The molecule has 1 fully saturated rings. The van der Waals surface area contributed by atoms with Gasteiger partial charge in [-0.1, -0.05) is 0 Å². The molecule has 0 aromatic rings. The zero-order valence-electron chi connectivity index (χ0n) is 9.12. The largest absolute Gasteiger partial charge is 0.498 e. The van der Waals surface area contributed by atoms with Crippen LogP contribution in [0.5, 0.6) is 0 Å². The molecule has 1 saturated heterocycles. The van der Waals surface area contributed by atoms with E-state index in [1.807, 2.05) is 20.8 Å². The van der Waals surface area contributed by atoms with Crippen molar-refractivity contribution in [3.05, 3.63) is 0 Å². The molecule has 1 aliphatic rings. The van der Waals surface area contributed by atoms with Gasteiger partial charge in [-0.25, -0.2) is 0 Å². The average Bonchev–Trinajstić information content (AvgIpc) is 2.02. The molecule has 1 aliphatic heterocycles. The van der Waals surface area contributed by atoms with E-state index in [9.17, 15) is 15.0 Å². The van der Waals surface area contributed by atoms with Crippen molar-refractivity contribution in [3.8, 4) is 0 Å². The van der Waals surface area contributed by atoms with Gasteiger partial charge in [0.1, 0.15) is 0 Å². The summed E-state index contributed by atoms with van der Waals surface area (Å²) in [5, 5.41) is 20.6. The van der Waals surface area contributed by atoms with Crippen LogP contribution in [0.15, 0.2) is 0 Å². The van der Waals surface area contributed by atoms with Crippen LogP contribution in [-0.4, -0.2) is 40.4 Å². The van der Waals surface area contributed by atoms with Crippen molar-refractivity contribution in [2.75, 3.05) is 13.1 Å². The molecule has 1 amide bonds. The van der Waals surface area contributed by atoms with E-state index in [1.165, 1.54) is 0 Å². The van der Waals surface area contributed by atoms with Crippen LogP contribution >= 0.6 is 0 Å². The normalized spacial score (nSPS) is 34.1. The number of hydrogen-bond donors (Lipinski definition) is 1. The molecule has 0 spiro atoms. The Bertz CT molecular complexity index is 224. The summed E-state index contributed by atoms with van der Waals surface area (Å²) < 4.78 is -0.0376. The lowest BCUT2D eigenvalue weighted by atomic mass is 9.95. The van der Waals surface area contributed by atoms with Gasteiger partial charge in [0.05, 0.1) is 24.7 Å². The fraction of sp³-hybridized carbons (Fsp3) is 0.900. The summed E-state index contributed by atoms with van der Waals surface area (Å²) >= 11 is 0. The number of carbonyl (C=O) groups is 1. The van der Waals surface area contributed by atoms with Crippen molar-refractivity contribution in [3.63, 3.8) is 0 Å². The highest BCUT2D eigenvalue weighted by Crippen LogP contribution is 2.29. The van der Waals surface area contributed by atoms with E-state index in [4.69, 9.17) is 0 Å². The molecule has 1 rings (SSSR count). The summed E-state index contributed by atoms with van der Waals surface area (Å²) in [5.41, 5.74) is -0.362. The minimum absolute atomic E-state index is 0.0376. The number of nitrogens with zero attached hydrogens (tertiary/aromatic N) is 1. The molecule has 4 heteroatoms. The van der Waals surface area contributed by atoms with Crippen LogP contribution in [0.3, 0.4) is 0 Å². The Morgan fingerprint density at radius 3 is 2.07 bits per heavy atom. The monoisotopic (exact) mass is 201 g/mol. The average molecular weight is 201 g/mol. The molecule has 0 aromatic heterocycles. The van der Waals surface area contributed by atoms with Gasteiger partial charge in [-0.2, -0.15) is 0 Å². The molecule has 0 aliphatic carbocycles. The summed E-state index contributed by atoms with van der Waals surface area (Å²) in [6, 6.07) is 0. The van der Waals surface area contributed by atoms with Crippen LogP contribution in [0.4, 0.5) is 4.79 Å². The number of amides is 1. The lowest BCUT2D eigenvalue weighted by Crippen LogP contribution is -2.70. The maximum atomic E-state index is 11.2. The number of piperidine rings is 1. The number of aliphatic hydroxyl groups excluding tert-OH is 1. The van der Waals surface area contributed by atoms with Crippen molar-refractivity contribution in [2.45, 2.75) is 45.3 Å². The van der Waals surface area contributed by atoms with E-state index in [0.717, 1.165) is 0 Å². The second-order valence-electron chi connectivity index (χ2n) is 5.08. The summed E-state index contributed by atoms with van der Waals surface area (Å²) in [6.45, 7) is 6.64. The van der Waals surface area contributed by atoms with Gasteiger partial charge in [-0.05, 0) is 20.8 Å². The number of hydrogen-bond acceptors (Lipinski definition) is 3. The second kappa shape index (κ2) is 3.51. The Labute approximate surface area is 84.7 Å². The number of carbonyl (C=O) groups excluding carboxylic acids is 1. The molecule has 0 unspecified atom stereocenters. The van der Waals surface area contributed by atoms with Crippen LogP contribution < -0.4 is 5.11 Å². The molecule has 0 aromatic carbocycles. The van der Waals surface area contributed by atoms with Gasteiger partial charge >= 0.3 is 0 Å². The zero-order chi connectivity index (χ0) is 11.0. The Balaban J connectivity index is 2.90. The van der Waals surface area contributed by atoms with Crippen molar-refractivity contribution >= 4 is 6.09 Å². The number of quaternary nitrogens is 1. The number of carboxylic acid groups (broad SMARTS) is 1. The Morgan fingerprint density at radius 2 is 1.79 bits per heavy atom. The van der Waals surface area contributed by atoms with Crippen LogP contribution in [0.1, 0.15) is 33.6 Å². The van der Waals surface area contributed by atoms with Gasteiger partial charge in [0.15, 0.2) is 0 Å². The molecule has 1 N–H and O–H groups in total. The maximum Gasteiger partial charge on any atom is 0.257 e. The summed E-state index contributed by atoms with van der Waals surface area (Å²) in [7, 11) is 0. The van der Waals surface area contributed by atoms with Gasteiger partial charge in [0.2, 0.25) is 0 Å². The first kappa shape index (κ1) is 11.5. The van der Waals surface area contributed by atoms with Gasteiger partial charge < -0.3 is 15.0 Å². The van der Waals surface area contributed by atoms with Crippen LogP contribution in [0.25, 0.3) is 0 Å². The number of aliphatic hydroxyl groups is 1. The lowest BCUT2D eigenvalue weighted by Gasteiger charge is -2.50. The summed E-state index contributed by atoms with van der Waals surface area (Å²) in [4.78, 5) is 11.2. The maximum absolute atomic E-state index is 11.2. The molecule has 82 valence electrons. The van der Waals surface area contributed by atoms with Crippen LogP contribution in [0, 0.1) is 0 Å². The van der Waals surface area contributed by atoms with E-state index >= 15 is 0 Å². The molecular formula is C10H19NO3. The highest BCUT2D eigenvalue weighted by molar-refractivity contribution is 5.54. The summed E-state index contributed by atoms with van der Waals surface area (Å²) in [5.74, 6) is 0. The molecule has 0 bridgehead atoms. The van der Waals surface area contributed by atoms with E-state index in [-0.39, 0.29) is 16.1 Å². The van der Waals surface area contributed by atoms with E-state index < -0.39 is 6.09 Å². The van der Waals surface area contributed by atoms with Gasteiger partial charge in [0.25, 0.3) is 6.09 Å². The molecule has 14 heavy (non-hydrogen) atoms. The third-order valence-electron chi connectivity index (χ3n) is 3.32. The van der Waals surface area contributed by atoms with Crippen molar-refractivity contribution in [2.24, 2.45) is 0 Å². The first-order chi connectivity index (χ1) is 6.29. The third-order valence-corrected chi connectivity index (χ3v) is 3.32. The Hall–Kier alpha value is -0.610. The molecule has 0 saturated carbocycles. The van der Waals surface area contributed by atoms with E-state index in [2.05, 4.69) is 0 Å². The Kier molecular flexibility index (Phi) is 2.88. The molecule has 4 nitrogen and oxygen atoms in total. The first-order valence-electron chi connectivity index (χ1n) is 5.06. The second-order valence-corrected chi connectivity index (χ2v) is 5.08. The molecule has 1 heterocycles. The number of rotatable bonds is 0. The van der Waals surface area contributed by atoms with Crippen LogP contribution in [0.2, 0.25) is 0 Å². The Morgan fingerprint density at radius 1 is 1.36 bits per heavy atom. The van der Waals surface area contributed by atoms with Gasteiger partial charge in [-0.15, -0.1) is 0 Å². The predicted octanol–water partition coefficient (Wildman–Crippen LogP) is 0.0997. The lowest BCUT2D eigenvalue weighted by molar-refractivity contribution is -0.924. The van der Waals surface area contributed by atoms with Crippen molar-refractivity contribution < 1.29 is 19.5 Å². The van der Waals surface area contributed by atoms with Crippen molar-refractivity contribution in [1.29, 1.82) is 0 Å². The van der Waals surface area contributed by atoms with Gasteiger partial charge in [-0.3, -0.25) is 4.48 Å². The summed E-state index contributed by atoms with van der Waals surface area (Å²) in [6.07, 6.45) is -0.274. The molecule has 0 radical (unpaired) electrons. The minimum atomic E-state index is -1.02. The van der Waals surface area contributed by atoms with E-state index in [1.54, 1.807) is 0 Å². The zero-order valence-corrected chi connectivity index (χ0v) is 9.12. The highest BCUT2D eigenvalue weighted by atomic mass is 16.4. The predicted molar refractivity (Wildman–Crippen MR) is 50.4 cm³/mol. The standard InChI is InChI=1S/C10H19NO3/c1-10(2,3)11(9(13)14)6-4-8(12)5-7-11/h8,12H,4-7H2,1-3H3. The number of likely N-dealkylation sites (tertiary alicyclic amines) is 1. The van der Waals surface area contributed by atoms with Crippen molar-refractivity contribution in [1.82, 2.24) is 0 Å². The fourth-order valence-electron chi connectivity index (χ4n) is 2.12. The quantitative estimate of drug-likeness (QED) is 0.565. The minimum Gasteiger partial charge on any atom is -0.498 e. The highest BCUT2D eigenvalue weighted by Gasteiger charge is 2.45. The fourth-order valence-corrected chi connectivity index (χ4v) is 2.12.